The number of aryl methyl sites for hydroxylation is 2. The number of aliphatic hydroxyl groups excluding tert-OH is 4. The van der Waals surface area contributed by atoms with Gasteiger partial charge in [0.15, 0.2) is 0 Å². The van der Waals surface area contributed by atoms with Crippen molar-refractivity contribution in [1.82, 2.24) is 9.97 Å². The lowest BCUT2D eigenvalue weighted by atomic mass is 9.94. The van der Waals surface area contributed by atoms with Crippen LogP contribution in [0.15, 0.2) is 57.4 Å². The van der Waals surface area contributed by atoms with Crippen molar-refractivity contribution in [3.8, 4) is 0 Å². The van der Waals surface area contributed by atoms with Crippen molar-refractivity contribution >= 4 is 70.3 Å². The monoisotopic (exact) mass is 988 g/mol. The topological polar surface area (TPSA) is 159 Å². The number of carbonyl (C=O) groups excluding carboxylic acids is 2. The van der Waals surface area contributed by atoms with E-state index in [9.17, 15) is 30.0 Å². The van der Waals surface area contributed by atoms with Crippen LogP contribution < -0.4 is 0 Å². The van der Waals surface area contributed by atoms with Gasteiger partial charge in [0.2, 0.25) is 0 Å². The van der Waals surface area contributed by atoms with Crippen molar-refractivity contribution in [3.05, 3.63) is 78.8 Å². The van der Waals surface area contributed by atoms with Gasteiger partial charge in [0.05, 0.1) is 58.7 Å². The Morgan fingerprint density at radius 3 is 1.58 bits per heavy atom. The molecule has 4 heterocycles. The van der Waals surface area contributed by atoms with E-state index in [0.29, 0.717) is 12.8 Å². The summed E-state index contributed by atoms with van der Waals surface area (Å²) in [5, 5.41) is 49.0. The predicted octanol–water partition coefficient (Wildman–Crippen LogP) is 11.6. The Morgan fingerprint density at radius 1 is 0.697 bits per heavy atom. The first-order valence-corrected chi connectivity index (χ1v) is 26.9. The molecule has 0 saturated heterocycles. The summed E-state index contributed by atoms with van der Waals surface area (Å²) < 4.78 is 10.5. The predicted molar refractivity (Wildman–Crippen MR) is 279 cm³/mol. The zero-order valence-electron chi connectivity index (χ0n) is 42.0. The Morgan fingerprint density at radius 2 is 1.14 bits per heavy atom. The molecule has 0 fully saturated rings. The minimum atomic E-state index is -0.896. The highest BCUT2D eigenvalue weighted by atomic mass is 32.2. The molecule has 2 aromatic heterocycles. The maximum absolute atomic E-state index is 12.8. The van der Waals surface area contributed by atoms with Crippen molar-refractivity contribution in [1.29, 1.82) is 0 Å². The van der Waals surface area contributed by atoms with Crippen LogP contribution in [-0.2, 0) is 19.1 Å². The summed E-state index contributed by atoms with van der Waals surface area (Å²) in [6, 6.07) is 0. The summed E-state index contributed by atoms with van der Waals surface area (Å²) in [5.74, 6) is -0.678. The second-order valence-corrected chi connectivity index (χ2v) is 25.7. The lowest BCUT2D eigenvalue weighted by Crippen LogP contribution is -2.40. The fourth-order valence-corrected chi connectivity index (χ4v) is 12.2. The molecule has 0 aromatic carbocycles. The van der Waals surface area contributed by atoms with Crippen molar-refractivity contribution in [2.24, 2.45) is 11.8 Å². The Bertz CT molecular complexity index is 2010. The Balaban J connectivity index is 0.000000350. The molecule has 14 heteroatoms. The van der Waals surface area contributed by atoms with E-state index in [-0.39, 0.29) is 35.2 Å². The minimum absolute atomic E-state index is 0.00870. The molecule has 2 aliphatic heterocycles. The van der Waals surface area contributed by atoms with Crippen LogP contribution in [0.25, 0.3) is 12.2 Å². The number of carbonyl (C=O) groups is 2. The maximum atomic E-state index is 12.8. The molecule has 0 bridgehead atoms. The number of cyclic esters (lactones) is 2. The van der Waals surface area contributed by atoms with Crippen LogP contribution in [-0.4, -0.2) is 99.0 Å². The van der Waals surface area contributed by atoms with E-state index in [0.717, 1.165) is 58.2 Å². The molecular formula is C52H80N2O8S4. The number of thioether (sulfide) groups is 2. The van der Waals surface area contributed by atoms with Gasteiger partial charge in [0.25, 0.3) is 0 Å². The molecule has 370 valence electrons. The van der Waals surface area contributed by atoms with Gasteiger partial charge in [-0.05, 0) is 124 Å². The standard InChI is InChI=1S/C26H41NO4S2.C26H39NO4S2/c2*1-16-9-8-10-17(2)25(30)19(4)33-26(6,7)23(28)14-24(29)31-22(12-11-16)18(3)13-21-15-32-20(5)27-21/h11,13,15,17,19,22-23,25,28,30H,8-10,12,14H2,1-7H3;8,10-11,13,15,17,19,22-23,25,28,30H,9,12,14H2,1-7H3/b16-11-,18-13+;10-8-,16-11-,18-13+/t2*17-,19+,22-,23-,25-/m00/s1. The van der Waals surface area contributed by atoms with Gasteiger partial charge >= 0.3 is 11.9 Å². The number of ether oxygens (including phenoxy) is 2. The summed E-state index contributed by atoms with van der Waals surface area (Å²) in [4.78, 5) is 34.6. The summed E-state index contributed by atoms with van der Waals surface area (Å²) in [5.41, 5.74) is 6.02. The number of allylic oxidation sites excluding steroid dienone is 3. The largest absolute Gasteiger partial charge is 0.457 e. The smallest absolute Gasteiger partial charge is 0.309 e. The number of hydrogen-bond acceptors (Lipinski definition) is 14. The summed E-state index contributed by atoms with van der Waals surface area (Å²) in [7, 11) is 0. The van der Waals surface area contributed by atoms with E-state index in [1.165, 1.54) is 34.7 Å². The molecule has 0 amide bonds. The number of aliphatic hydroxyl groups is 4. The van der Waals surface area contributed by atoms with Crippen molar-refractivity contribution in [3.63, 3.8) is 0 Å². The maximum Gasteiger partial charge on any atom is 0.309 e. The van der Waals surface area contributed by atoms with Gasteiger partial charge in [-0.2, -0.15) is 0 Å². The third-order valence-electron chi connectivity index (χ3n) is 12.4. The van der Waals surface area contributed by atoms with Crippen molar-refractivity contribution in [2.75, 3.05) is 0 Å². The minimum Gasteiger partial charge on any atom is -0.457 e. The Labute approximate surface area is 413 Å². The molecule has 0 spiro atoms. The van der Waals surface area contributed by atoms with E-state index >= 15 is 0 Å². The summed E-state index contributed by atoms with van der Waals surface area (Å²) in [6.07, 6.45) is 13.4. The molecule has 2 aliphatic rings. The molecule has 10 nitrogen and oxygen atoms in total. The highest BCUT2D eigenvalue weighted by molar-refractivity contribution is 8.01. The molecule has 0 aliphatic carbocycles. The molecule has 66 heavy (non-hydrogen) atoms. The van der Waals surface area contributed by atoms with Gasteiger partial charge in [0, 0.05) is 49.5 Å². The molecule has 0 radical (unpaired) electrons. The Hall–Kier alpha value is -2.56. The average Bonchev–Trinajstić information content (AvgIpc) is 3.84. The first kappa shape index (κ1) is 57.8. The zero-order valence-corrected chi connectivity index (χ0v) is 45.3. The number of nitrogens with zero attached hydrogens (tertiary/aromatic N) is 2. The molecule has 10 atom stereocenters. The van der Waals surface area contributed by atoms with Crippen molar-refractivity contribution < 1.29 is 39.5 Å². The van der Waals surface area contributed by atoms with Crippen molar-refractivity contribution in [2.45, 2.75) is 205 Å². The zero-order chi connectivity index (χ0) is 49.5. The second kappa shape index (κ2) is 27.0. The van der Waals surface area contributed by atoms with Crippen LogP contribution in [0.2, 0.25) is 0 Å². The SMILES string of the molecule is C/C1=C/C[C@@H](/C(C)=C/c2csc(C)n2)OC(=O)C[C@H](O)C(C)(C)S[C@H](C)[C@@H](O)[C@@H](C)/C=C\C1.C/C1=C/C[C@@H](/C(C)=C/c2csc(C)n2)OC(=O)C[C@H](O)C(C)(C)S[C@H](C)[C@@H](O)[C@@H](C)CCC1. The fraction of sp³-hybridized carbons (Fsp3) is 0.654. The normalized spacial score (nSPS) is 32.9. The summed E-state index contributed by atoms with van der Waals surface area (Å²) in [6.45, 7) is 27.7. The first-order valence-electron chi connectivity index (χ1n) is 23.4. The first-order chi connectivity index (χ1) is 30.8. The van der Waals surface area contributed by atoms with Crippen LogP contribution in [0.5, 0.6) is 0 Å². The lowest BCUT2D eigenvalue weighted by molar-refractivity contribution is -0.150. The van der Waals surface area contributed by atoms with E-state index in [2.05, 4.69) is 55.0 Å². The van der Waals surface area contributed by atoms with Gasteiger partial charge in [-0.1, -0.05) is 63.1 Å². The quantitative estimate of drug-likeness (QED) is 0.170. The van der Waals surface area contributed by atoms with Gasteiger partial charge in [0.1, 0.15) is 12.2 Å². The number of esters is 2. The highest BCUT2D eigenvalue weighted by Crippen LogP contribution is 2.38. The fourth-order valence-electron chi connectivity index (χ4n) is 7.82. The van der Waals surface area contributed by atoms with Gasteiger partial charge in [-0.15, -0.1) is 46.2 Å². The number of thiazole rings is 2. The van der Waals surface area contributed by atoms with Gasteiger partial charge < -0.3 is 29.9 Å². The molecule has 0 unspecified atom stereocenters. The third-order valence-corrected chi connectivity index (χ3v) is 17.1. The number of rotatable bonds is 4. The Kier molecular flexibility index (Phi) is 23.6. The van der Waals surface area contributed by atoms with Crippen LogP contribution >= 0.6 is 46.2 Å². The molecule has 2 aromatic rings. The van der Waals surface area contributed by atoms with Crippen LogP contribution in [0.4, 0.5) is 0 Å². The van der Waals surface area contributed by atoms with E-state index in [1.807, 2.05) is 99.1 Å². The number of aromatic nitrogens is 2. The van der Waals surface area contributed by atoms with E-state index in [1.54, 1.807) is 22.7 Å². The van der Waals surface area contributed by atoms with Gasteiger partial charge in [-0.25, -0.2) is 9.97 Å². The molecule has 4 rings (SSSR count). The summed E-state index contributed by atoms with van der Waals surface area (Å²) >= 11 is 6.21. The molecule has 4 N–H and O–H groups in total. The second-order valence-electron chi connectivity index (χ2n) is 19.5. The van der Waals surface area contributed by atoms with Gasteiger partial charge in [-0.3, -0.25) is 9.59 Å². The van der Waals surface area contributed by atoms with E-state index < -0.39 is 58.1 Å². The molecular weight excluding hydrogens is 909 g/mol. The van der Waals surface area contributed by atoms with Crippen LogP contribution in [0, 0.1) is 25.7 Å². The molecule has 0 saturated carbocycles. The third kappa shape index (κ3) is 19.4. The number of hydrogen-bond donors (Lipinski definition) is 4. The van der Waals surface area contributed by atoms with Crippen LogP contribution in [0.1, 0.15) is 156 Å². The van der Waals surface area contributed by atoms with E-state index in [4.69, 9.17) is 9.47 Å². The lowest BCUT2D eigenvalue weighted by Gasteiger charge is -2.35. The highest BCUT2D eigenvalue weighted by Gasteiger charge is 2.37. The van der Waals surface area contributed by atoms with Crippen LogP contribution in [0.3, 0.4) is 0 Å². The average molecular weight is 989 g/mol.